The van der Waals surface area contributed by atoms with Crippen molar-refractivity contribution < 1.29 is 9.53 Å². The molecule has 0 radical (unpaired) electrons. The van der Waals surface area contributed by atoms with Crippen LogP contribution >= 0.6 is 0 Å². The number of nitrogens with zero attached hydrogens (tertiary/aromatic N) is 3. The number of para-hydroxylation sites is 1. The number of hydrogen-bond donors (Lipinski definition) is 1. The van der Waals surface area contributed by atoms with Crippen LogP contribution in [0.25, 0.3) is 10.9 Å². The normalized spacial score (nSPS) is 17.2. The summed E-state index contributed by atoms with van der Waals surface area (Å²) < 4.78 is 5.69. The third kappa shape index (κ3) is 3.70. The molecule has 1 aromatic carbocycles. The van der Waals surface area contributed by atoms with E-state index in [0.29, 0.717) is 12.1 Å². The minimum atomic E-state index is -0.164. The smallest absolute Gasteiger partial charge is 0.253 e. The summed E-state index contributed by atoms with van der Waals surface area (Å²) in [4.78, 5) is 25.5. The van der Waals surface area contributed by atoms with E-state index in [-0.39, 0.29) is 12.0 Å². The lowest BCUT2D eigenvalue weighted by atomic mass is 10.1. The molecule has 1 aliphatic rings. The van der Waals surface area contributed by atoms with Gasteiger partial charge in [-0.15, -0.1) is 0 Å². The zero-order valence-electron chi connectivity index (χ0n) is 14.4. The third-order valence-corrected chi connectivity index (χ3v) is 4.50. The van der Waals surface area contributed by atoms with E-state index in [1.54, 1.807) is 18.6 Å². The van der Waals surface area contributed by atoms with Crippen molar-refractivity contribution in [3.63, 3.8) is 0 Å². The van der Waals surface area contributed by atoms with Gasteiger partial charge in [0.1, 0.15) is 6.10 Å². The van der Waals surface area contributed by atoms with E-state index >= 15 is 0 Å². The third-order valence-electron chi connectivity index (χ3n) is 4.50. The maximum absolute atomic E-state index is 12.4. The van der Waals surface area contributed by atoms with Gasteiger partial charge in [-0.1, -0.05) is 18.2 Å². The summed E-state index contributed by atoms with van der Waals surface area (Å²) in [5.74, 6) is 0.557. The van der Waals surface area contributed by atoms with E-state index in [4.69, 9.17) is 4.74 Å². The van der Waals surface area contributed by atoms with E-state index in [1.165, 1.54) is 0 Å². The van der Waals surface area contributed by atoms with Gasteiger partial charge in [-0.2, -0.15) is 0 Å². The summed E-state index contributed by atoms with van der Waals surface area (Å²) in [6.07, 6.45) is 8.30. The molecule has 1 unspecified atom stereocenters. The number of fused-ring (bicyclic) bond motifs is 1. The van der Waals surface area contributed by atoms with Gasteiger partial charge in [0.25, 0.3) is 5.91 Å². The number of amides is 1. The molecule has 0 saturated carbocycles. The molecule has 1 atom stereocenters. The van der Waals surface area contributed by atoms with E-state index in [1.807, 2.05) is 30.3 Å². The van der Waals surface area contributed by atoms with Crippen LogP contribution in [0.15, 0.2) is 48.9 Å². The molecular weight excluding hydrogens is 328 g/mol. The average molecular weight is 348 g/mol. The SMILES string of the molecule is O=C(NCc1cnc(C2CCCCO2)nc1)c1cnc2ccccc2c1. The highest BCUT2D eigenvalue weighted by molar-refractivity contribution is 5.97. The Morgan fingerprint density at radius 1 is 1.12 bits per heavy atom. The second-order valence-electron chi connectivity index (χ2n) is 6.40. The molecule has 0 aliphatic carbocycles. The standard InChI is InChI=1S/C20H20N4O2/c25-20(16-9-15-5-1-2-6-17(15)21-13-16)24-12-14-10-22-19(23-11-14)18-7-3-4-8-26-18/h1-2,5-6,9-11,13,18H,3-4,7-8,12H2,(H,24,25). The highest BCUT2D eigenvalue weighted by atomic mass is 16.5. The van der Waals surface area contributed by atoms with Crippen LogP contribution < -0.4 is 5.32 Å². The first-order valence-electron chi connectivity index (χ1n) is 8.85. The van der Waals surface area contributed by atoms with Crippen LogP contribution in [0, 0.1) is 0 Å². The van der Waals surface area contributed by atoms with Crippen molar-refractivity contribution in [2.45, 2.75) is 31.9 Å². The van der Waals surface area contributed by atoms with Gasteiger partial charge in [0.05, 0.1) is 11.1 Å². The molecule has 3 aromatic rings. The minimum absolute atomic E-state index is 0.00364. The van der Waals surface area contributed by atoms with Crippen LogP contribution in [0.1, 0.15) is 47.1 Å². The van der Waals surface area contributed by atoms with E-state index in [9.17, 15) is 4.79 Å². The van der Waals surface area contributed by atoms with Crippen LogP contribution in [-0.2, 0) is 11.3 Å². The zero-order chi connectivity index (χ0) is 17.8. The van der Waals surface area contributed by atoms with Gasteiger partial charge in [-0.05, 0) is 31.4 Å². The Hall–Kier alpha value is -2.86. The molecule has 6 nitrogen and oxygen atoms in total. The van der Waals surface area contributed by atoms with E-state index in [2.05, 4.69) is 20.3 Å². The van der Waals surface area contributed by atoms with Crippen LogP contribution in [0.3, 0.4) is 0 Å². The first-order valence-corrected chi connectivity index (χ1v) is 8.85. The maximum Gasteiger partial charge on any atom is 0.253 e. The molecule has 0 spiro atoms. The summed E-state index contributed by atoms with van der Waals surface area (Å²) in [7, 11) is 0. The Morgan fingerprint density at radius 3 is 2.77 bits per heavy atom. The first kappa shape index (κ1) is 16.6. The number of benzene rings is 1. The summed E-state index contributed by atoms with van der Waals surface area (Å²) >= 11 is 0. The van der Waals surface area contributed by atoms with Crippen molar-refractivity contribution in [2.24, 2.45) is 0 Å². The fourth-order valence-electron chi connectivity index (χ4n) is 3.05. The molecule has 1 aliphatic heterocycles. The molecule has 132 valence electrons. The monoisotopic (exact) mass is 348 g/mol. The Morgan fingerprint density at radius 2 is 1.96 bits per heavy atom. The van der Waals surface area contributed by atoms with Gasteiger partial charge in [0.2, 0.25) is 0 Å². The summed E-state index contributed by atoms with van der Waals surface area (Å²) in [5, 5.41) is 3.83. The second-order valence-corrected chi connectivity index (χ2v) is 6.40. The zero-order valence-corrected chi connectivity index (χ0v) is 14.4. The van der Waals surface area contributed by atoms with Crippen LogP contribution in [-0.4, -0.2) is 27.5 Å². The van der Waals surface area contributed by atoms with Gasteiger partial charge in [0, 0.05) is 42.7 Å². The number of carbonyl (C=O) groups excluding carboxylic acids is 1. The van der Waals surface area contributed by atoms with E-state index in [0.717, 1.165) is 48.2 Å². The largest absolute Gasteiger partial charge is 0.370 e. The Balaban J connectivity index is 1.38. The minimum Gasteiger partial charge on any atom is -0.370 e. The lowest BCUT2D eigenvalue weighted by molar-refractivity contribution is 0.00940. The van der Waals surface area contributed by atoms with Gasteiger partial charge < -0.3 is 10.1 Å². The predicted octanol–water partition coefficient (Wildman–Crippen LogP) is 3.20. The van der Waals surface area contributed by atoms with Crippen LogP contribution in [0.4, 0.5) is 0 Å². The van der Waals surface area contributed by atoms with Gasteiger partial charge in [-0.25, -0.2) is 9.97 Å². The Bertz CT molecular complexity index is 905. The molecule has 6 heteroatoms. The lowest BCUT2D eigenvalue weighted by Gasteiger charge is -2.21. The molecule has 3 heterocycles. The summed E-state index contributed by atoms with van der Waals surface area (Å²) in [6, 6.07) is 9.57. The van der Waals surface area contributed by atoms with Crippen molar-refractivity contribution in [3.8, 4) is 0 Å². The van der Waals surface area contributed by atoms with E-state index < -0.39 is 0 Å². The molecule has 4 rings (SSSR count). The van der Waals surface area contributed by atoms with Crippen molar-refractivity contribution in [1.29, 1.82) is 0 Å². The van der Waals surface area contributed by atoms with Crippen molar-refractivity contribution in [3.05, 3.63) is 65.9 Å². The number of pyridine rings is 1. The first-order chi connectivity index (χ1) is 12.8. The number of aromatic nitrogens is 3. The number of nitrogens with one attached hydrogen (secondary N) is 1. The second kappa shape index (κ2) is 7.58. The number of ether oxygens (including phenoxy) is 1. The highest BCUT2D eigenvalue weighted by Gasteiger charge is 2.18. The summed E-state index contributed by atoms with van der Waals surface area (Å²) in [5.41, 5.74) is 2.27. The predicted molar refractivity (Wildman–Crippen MR) is 97.5 cm³/mol. The molecule has 26 heavy (non-hydrogen) atoms. The van der Waals surface area contributed by atoms with Gasteiger partial charge in [-0.3, -0.25) is 9.78 Å². The molecular formula is C20H20N4O2. The summed E-state index contributed by atoms with van der Waals surface area (Å²) in [6.45, 7) is 1.14. The number of hydrogen-bond acceptors (Lipinski definition) is 5. The Kier molecular flexibility index (Phi) is 4.84. The molecule has 1 saturated heterocycles. The maximum atomic E-state index is 12.4. The lowest BCUT2D eigenvalue weighted by Crippen LogP contribution is -2.23. The molecule has 1 N–H and O–H groups in total. The van der Waals surface area contributed by atoms with Crippen LogP contribution in [0.5, 0.6) is 0 Å². The molecule has 2 aromatic heterocycles. The molecule has 1 amide bonds. The van der Waals surface area contributed by atoms with Crippen LogP contribution in [0.2, 0.25) is 0 Å². The topological polar surface area (TPSA) is 77.0 Å². The number of carbonyl (C=O) groups is 1. The van der Waals surface area contributed by atoms with Crippen molar-refractivity contribution in [2.75, 3.05) is 6.61 Å². The number of rotatable bonds is 4. The molecule has 1 fully saturated rings. The quantitative estimate of drug-likeness (QED) is 0.783. The highest BCUT2D eigenvalue weighted by Crippen LogP contribution is 2.24. The van der Waals surface area contributed by atoms with Gasteiger partial charge >= 0.3 is 0 Å². The van der Waals surface area contributed by atoms with Gasteiger partial charge in [0.15, 0.2) is 5.82 Å². The average Bonchev–Trinajstić information content (AvgIpc) is 2.72. The van der Waals surface area contributed by atoms with Crippen molar-refractivity contribution in [1.82, 2.24) is 20.3 Å². The Labute approximate surface area is 151 Å². The fourth-order valence-corrected chi connectivity index (χ4v) is 3.05. The fraction of sp³-hybridized carbons (Fsp3) is 0.300. The van der Waals surface area contributed by atoms with Crippen molar-refractivity contribution >= 4 is 16.8 Å². The molecule has 0 bridgehead atoms.